The van der Waals surface area contributed by atoms with Gasteiger partial charge < -0.3 is 15.2 Å². The molecule has 1 unspecified atom stereocenters. The molecule has 0 spiro atoms. The van der Waals surface area contributed by atoms with Crippen LogP contribution >= 0.6 is 0 Å². The molecular weight excluding hydrogens is 326 g/mol. The van der Waals surface area contributed by atoms with Crippen molar-refractivity contribution in [3.63, 3.8) is 0 Å². The lowest BCUT2D eigenvalue weighted by Crippen LogP contribution is -2.24. The number of nitrogens with one attached hydrogen (secondary N) is 2. The monoisotopic (exact) mass is 347 g/mol. The average molecular weight is 347 g/mol. The summed E-state index contributed by atoms with van der Waals surface area (Å²) in [4.78, 5) is 24.6. The highest BCUT2D eigenvalue weighted by Gasteiger charge is 2.29. The average Bonchev–Trinajstić information content (AvgIpc) is 3.18. The van der Waals surface area contributed by atoms with E-state index in [9.17, 15) is 9.59 Å². The Morgan fingerprint density at radius 3 is 2.77 bits per heavy atom. The van der Waals surface area contributed by atoms with Gasteiger partial charge in [0.05, 0.1) is 23.7 Å². The van der Waals surface area contributed by atoms with Gasteiger partial charge in [0.1, 0.15) is 0 Å². The number of carbonyl (C=O) groups is 2. The van der Waals surface area contributed by atoms with E-state index >= 15 is 0 Å². The number of amides is 2. The van der Waals surface area contributed by atoms with Crippen molar-refractivity contribution in [2.24, 2.45) is 0 Å². The first-order chi connectivity index (χ1) is 12.5. The van der Waals surface area contributed by atoms with Crippen LogP contribution in [-0.2, 0) is 4.79 Å². The molecule has 2 aromatic carbocycles. The number of aromatic nitrogens is 1. The predicted octanol–water partition coefficient (Wildman–Crippen LogP) is 4.04. The minimum atomic E-state index is -0.279. The van der Waals surface area contributed by atoms with Crippen molar-refractivity contribution >= 4 is 28.4 Å². The van der Waals surface area contributed by atoms with Gasteiger partial charge in [0, 0.05) is 23.2 Å². The van der Waals surface area contributed by atoms with Crippen molar-refractivity contribution in [1.29, 1.82) is 0 Å². The molecule has 1 aromatic heterocycles. The SMILES string of the molecule is CC(C)n1ccc2c(NC(=O)CC3NC(=O)c4ccccc43)cccc21. The molecular formula is C21H21N3O2. The number of carbonyl (C=O) groups excluding carboxylic acids is 2. The first kappa shape index (κ1) is 16.4. The normalized spacial score (nSPS) is 16.0. The third-order valence-electron chi connectivity index (χ3n) is 4.87. The molecule has 1 aliphatic rings. The lowest BCUT2D eigenvalue weighted by Gasteiger charge is -2.13. The summed E-state index contributed by atoms with van der Waals surface area (Å²) in [5.41, 5.74) is 3.43. The van der Waals surface area contributed by atoms with E-state index in [2.05, 4.69) is 35.1 Å². The zero-order valence-corrected chi connectivity index (χ0v) is 14.8. The maximum atomic E-state index is 12.6. The fourth-order valence-electron chi connectivity index (χ4n) is 3.62. The molecule has 2 N–H and O–H groups in total. The molecule has 5 nitrogen and oxygen atoms in total. The molecule has 0 saturated carbocycles. The third kappa shape index (κ3) is 2.75. The summed E-state index contributed by atoms with van der Waals surface area (Å²) in [7, 11) is 0. The van der Waals surface area contributed by atoms with Crippen LogP contribution in [0, 0.1) is 0 Å². The smallest absolute Gasteiger partial charge is 0.252 e. The van der Waals surface area contributed by atoms with E-state index in [4.69, 9.17) is 0 Å². The quantitative estimate of drug-likeness (QED) is 0.748. The zero-order chi connectivity index (χ0) is 18.3. The summed E-state index contributed by atoms with van der Waals surface area (Å²) in [5.74, 6) is -0.230. The first-order valence-corrected chi connectivity index (χ1v) is 8.84. The van der Waals surface area contributed by atoms with Crippen molar-refractivity contribution in [3.05, 3.63) is 65.9 Å². The Labute approximate surface area is 152 Å². The van der Waals surface area contributed by atoms with E-state index in [0.29, 0.717) is 11.6 Å². The number of hydrogen-bond acceptors (Lipinski definition) is 2. The van der Waals surface area contributed by atoms with Crippen LogP contribution in [0.25, 0.3) is 10.9 Å². The van der Waals surface area contributed by atoms with E-state index in [0.717, 1.165) is 22.2 Å². The fraction of sp³-hybridized carbons (Fsp3) is 0.238. The Morgan fingerprint density at radius 1 is 1.15 bits per heavy atom. The molecule has 2 amide bonds. The van der Waals surface area contributed by atoms with Gasteiger partial charge in [-0.25, -0.2) is 0 Å². The number of hydrogen-bond donors (Lipinski definition) is 2. The molecule has 1 aliphatic heterocycles. The molecule has 0 bridgehead atoms. The number of anilines is 1. The molecule has 2 heterocycles. The van der Waals surface area contributed by atoms with Crippen LogP contribution in [0.4, 0.5) is 5.69 Å². The third-order valence-corrected chi connectivity index (χ3v) is 4.87. The van der Waals surface area contributed by atoms with Gasteiger partial charge in [0.2, 0.25) is 5.91 Å². The lowest BCUT2D eigenvalue weighted by atomic mass is 10.0. The molecule has 5 heteroatoms. The predicted molar refractivity (Wildman–Crippen MR) is 102 cm³/mol. The number of fused-ring (bicyclic) bond motifs is 2. The van der Waals surface area contributed by atoms with E-state index < -0.39 is 0 Å². The van der Waals surface area contributed by atoms with E-state index in [1.54, 1.807) is 6.07 Å². The summed E-state index contributed by atoms with van der Waals surface area (Å²) >= 11 is 0. The number of nitrogens with zero attached hydrogens (tertiary/aromatic N) is 1. The van der Waals surface area contributed by atoms with Gasteiger partial charge in [-0.05, 0) is 43.7 Å². The summed E-state index contributed by atoms with van der Waals surface area (Å²) in [6, 6.07) is 15.4. The summed E-state index contributed by atoms with van der Waals surface area (Å²) < 4.78 is 2.18. The van der Waals surface area contributed by atoms with Crippen LogP contribution in [0.3, 0.4) is 0 Å². The van der Waals surface area contributed by atoms with Gasteiger partial charge >= 0.3 is 0 Å². The summed E-state index contributed by atoms with van der Waals surface area (Å²) in [5, 5.41) is 6.91. The largest absolute Gasteiger partial charge is 0.345 e. The molecule has 0 aliphatic carbocycles. The van der Waals surface area contributed by atoms with Gasteiger partial charge in [-0.2, -0.15) is 0 Å². The molecule has 132 valence electrons. The van der Waals surface area contributed by atoms with Crippen molar-refractivity contribution in [3.8, 4) is 0 Å². The van der Waals surface area contributed by atoms with Crippen LogP contribution in [0.2, 0.25) is 0 Å². The molecule has 0 fully saturated rings. The highest BCUT2D eigenvalue weighted by atomic mass is 16.2. The topological polar surface area (TPSA) is 63.1 Å². The lowest BCUT2D eigenvalue weighted by molar-refractivity contribution is -0.116. The molecule has 0 radical (unpaired) electrons. The summed E-state index contributed by atoms with van der Waals surface area (Å²) in [6.45, 7) is 4.26. The minimum absolute atomic E-state index is 0.114. The second-order valence-electron chi connectivity index (χ2n) is 6.92. The molecule has 4 rings (SSSR count). The van der Waals surface area contributed by atoms with Crippen molar-refractivity contribution in [2.45, 2.75) is 32.4 Å². The maximum absolute atomic E-state index is 12.6. The Morgan fingerprint density at radius 2 is 1.96 bits per heavy atom. The van der Waals surface area contributed by atoms with Gasteiger partial charge in [0.25, 0.3) is 5.91 Å². The highest BCUT2D eigenvalue weighted by molar-refractivity contribution is 6.03. The molecule has 1 atom stereocenters. The Balaban J connectivity index is 1.55. The standard InChI is InChI=1S/C21H21N3O2/c1-13(2)24-11-10-16-17(8-5-9-19(16)24)22-20(25)12-18-14-6-3-4-7-15(14)21(26)23-18/h3-11,13,18H,12H2,1-2H3,(H,22,25)(H,23,26). The number of benzene rings is 2. The van der Waals surface area contributed by atoms with Gasteiger partial charge in [-0.15, -0.1) is 0 Å². The van der Waals surface area contributed by atoms with Gasteiger partial charge in [-0.3, -0.25) is 9.59 Å². The first-order valence-electron chi connectivity index (χ1n) is 8.84. The molecule has 0 saturated heterocycles. The van der Waals surface area contributed by atoms with Crippen LogP contribution in [-0.4, -0.2) is 16.4 Å². The second kappa shape index (κ2) is 6.33. The molecule has 26 heavy (non-hydrogen) atoms. The minimum Gasteiger partial charge on any atom is -0.345 e. The zero-order valence-electron chi connectivity index (χ0n) is 14.8. The van der Waals surface area contributed by atoms with E-state index in [-0.39, 0.29) is 24.3 Å². The van der Waals surface area contributed by atoms with Crippen LogP contribution < -0.4 is 10.6 Å². The maximum Gasteiger partial charge on any atom is 0.252 e. The Bertz CT molecular complexity index is 1000. The van der Waals surface area contributed by atoms with Gasteiger partial charge in [0.15, 0.2) is 0 Å². The van der Waals surface area contributed by atoms with Crippen LogP contribution in [0.15, 0.2) is 54.7 Å². The fourth-order valence-corrected chi connectivity index (χ4v) is 3.62. The van der Waals surface area contributed by atoms with Crippen molar-refractivity contribution < 1.29 is 9.59 Å². The molecule has 3 aromatic rings. The summed E-state index contributed by atoms with van der Waals surface area (Å²) in [6.07, 6.45) is 2.25. The van der Waals surface area contributed by atoms with Crippen molar-refractivity contribution in [1.82, 2.24) is 9.88 Å². The Hall–Kier alpha value is -3.08. The van der Waals surface area contributed by atoms with Crippen LogP contribution in [0.5, 0.6) is 0 Å². The van der Waals surface area contributed by atoms with Crippen LogP contribution in [0.1, 0.15) is 48.3 Å². The Kier molecular flexibility index (Phi) is 3.99. The van der Waals surface area contributed by atoms with Gasteiger partial charge in [-0.1, -0.05) is 24.3 Å². The van der Waals surface area contributed by atoms with E-state index in [1.165, 1.54) is 0 Å². The second-order valence-corrected chi connectivity index (χ2v) is 6.92. The van der Waals surface area contributed by atoms with E-state index in [1.807, 2.05) is 42.6 Å². The highest BCUT2D eigenvalue weighted by Crippen LogP contribution is 2.30. The van der Waals surface area contributed by atoms with Crippen molar-refractivity contribution in [2.75, 3.05) is 5.32 Å². The number of rotatable bonds is 4.